The van der Waals surface area contributed by atoms with Crippen molar-refractivity contribution < 1.29 is 0 Å². The Bertz CT molecular complexity index is 848. The molecule has 0 aliphatic heterocycles. The minimum atomic E-state index is -1.75. The van der Waals surface area contributed by atoms with Gasteiger partial charge < -0.3 is 5.32 Å². The van der Waals surface area contributed by atoms with Crippen LogP contribution in [0.3, 0.4) is 0 Å². The number of rotatable bonds is 4. The van der Waals surface area contributed by atoms with Crippen LogP contribution in [0.1, 0.15) is 17.1 Å². The van der Waals surface area contributed by atoms with Crippen molar-refractivity contribution in [3.05, 3.63) is 65.7 Å². The van der Waals surface area contributed by atoms with E-state index in [4.69, 9.17) is 34.8 Å². The fraction of sp³-hybridized carbons (Fsp3) is 0.176. The molecule has 0 saturated heterocycles. The third kappa shape index (κ3) is 4.78. The van der Waals surface area contributed by atoms with Gasteiger partial charge in [-0.15, -0.1) is 0 Å². The van der Waals surface area contributed by atoms with Gasteiger partial charge in [0.05, 0.1) is 12.2 Å². The molecule has 0 radical (unpaired) electrons. The molecular weight excluding hydrogens is 381 g/mol. The summed E-state index contributed by atoms with van der Waals surface area (Å²) in [5.41, 5.74) is 2.78. The number of nitrogens with one attached hydrogen (secondary N) is 1. The molecule has 25 heavy (non-hydrogen) atoms. The minimum absolute atomic E-state index is 0.0617. The lowest BCUT2D eigenvalue weighted by atomic mass is 10.1. The lowest BCUT2D eigenvalue weighted by Gasteiger charge is -2.13. The number of nitrogens with zero attached hydrogens (tertiary/aromatic N) is 4. The molecule has 8 heteroatoms. The SMILES string of the molecule is Cc1ccc(-c2nc(NCc3ccccn3)nc(C(Cl)(Cl)Cl)n2)cc1. The maximum Gasteiger partial charge on any atom is 0.250 e. The zero-order valence-electron chi connectivity index (χ0n) is 13.2. The normalized spacial score (nSPS) is 11.4. The molecule has 0 aliphatic rings. The van der Waals surface area contributed by atoms with E-state index in [0.29, 0.717) is 18.3 Å². The first-order chi connectivity index (χ1) is 11.9. The summed E-state index contributed by atoms with van der Waals surface area (Å²) >= 11 is 17.9. The Balaban J connectivity index is 1.94. The van der Waals surface area contributed by atoms with Crippen LogP contribution in [0.25, 0.3) is 11.4 Å². The van der Waals surface area contributed by atoms with Crippen molar-refractivity contribution in [1.82, 2.24) is 19.9 Å². The van der Waals surface area contributed by atoms with Gasteiger partial charge in [-0.05, 0) is 19.1 Å². The zero-order valence-corrected chi connectivity index (χ0v) is 15.5. The Morgan fingerprint density at radius 3 is 2.36 bits per heavy atom. The molecule has 0 saturated carbocycles. The van der Waals surface area contributed by atoms with Crippen LogP contribution in [-0.4, -0.2) is 19.9 Å². The van der Waals surface area contributed by atoms with Gasteiger partial charge in [0, 0.05) is 11.8 Å². The quantitative estimate of drug-likeness (QED) is 0.651. The molecule has 0 spiro atoms. The van der Waals surface area contributed by atoms with Crippen molar-refractivity contribution in [2.24, 2.45) is 0 Å². The van der Waals surface area contributed by atoms with E-state index in [1.54, 1.807) is 6.20 Å². The highest BCUT2D eigenvalue weighted by Gasteiger charge is 2.28. The van der Waals surface area contributed by atoms with Crippen LogP contribution in [0.2, 0.25) is 0 Å². The summed E-state index contributed by atoms with van der Waals surface area (Å²) in [6.07, 6.45) is 1.72. The largest absolute Gasteiger partial charge is 0.348 e. The molecule has 2 heterocycles. The molecule has 128 valence electrons. The highest BCUT2D eigenvalue weighted by atomic mass is 35.6. The molecular formula is C17H14Cl3N5. The minimum Gasteiger partial charge on any atom is -0.348 e. The number of anilines is 1. The van der Waals surface area contributed by atoms with Crippen LogP contribution in [-0.2, 0) is 10.3 Å². The average molecular weight is 395 g/mol. The first kappa shape index (κ1) is 17.9. The molecule has 1 aromatic carbocycles. The monoisotopic (exact) mass is 393 g/mol. The molecule has 2 aromatic heterocycles. The van der Waals surface area contributed by atoms with E-state index in [1.807, 2.05) is 49.4 Å². The maximum atomic E-state index is 5.97. The number of pyridine rings is 1. The summed E-state index contributed by atoms with van der Waals surface area (Å²) < 4.78 is -1.75. The Morgan fingerprint density at radius 2 is 1.72 bits per heavy atom. The van der Waals surface area contributed by atoms with E-state index >= 15 is 0 Å². The Morgan fingerprint density at radius 1 is 0.960 bits per heavy atom. The zero-order chi connectivity index (χ0) is 17.9. The molecule has 0 amide bonds. The van der Waals surface area contributed by atoms with Gasteiger partial charge in [0.1, 0.15) is 0 Å². The van der Waals surface area contributed by atoms with E-state index in [9.17, 15) is 0 Å². The van der Waals surface area contributed by atoms with Crippen molar-refractivity contribution in [1.29, 1.82) is 0 Å². The Labute approximate surface area is 160 Å². The Kier molecular flexibility index (Phi) is 5.37. The summed E-state index contributed by atoms with van der Waals surface area (Å²) in [5.74, 6) is 0.809. The first-order valence-electron chi connectivity index (χ1n) is 7.46. The molecule has 0 unspecified atom stereocenters. The first-order valence-corrected chi connectivity index (χ1v) is 8.59. The van der Waals surface area contributed by atoms with Crippen molar-refractivity contribution in [3.63, 3.8) is 0 Å². The van der Waals surface area contributed by atoms with E-state index in [2.05, 4.69) is 25.3 Å². The van der Waals surface area contributed by atoms with E-state index < -0.39 is 3.79 Å². The van der Waals surface area contributed by atoms with Crippen molar-refractivity contribution >= 4 is 40.8 Å². The number of hydrogen-bond acceptors (Lipinski definition) is 5. The summed E-state index contributed by atoms with van der Waals surface area (Å²) in [5, 5.41) is 3.09. The van der Waals surface area contributed by atoms with E-state index in [1.165, 1.54) is 0 Å². The number of hydrogen-bond donors (Lipinski definition) is 1. The third-order valence-corrected chi connectivity index (χ3v) is 3.86. The standard InChI is InChI=1S/C17H14Cl3N5/c1-11-5-7-12(8-6-11)14-23-15(17(18,19)20)25-16(24-14)22-10-13-4-2-3-9-21-13/h2-9H,10H2,1H3,(H,22,23,24,25). The molecule has 0 bridgehead atoms. The molecule has 5 nitrogen and oxygen atoms in total. The van der Waals surface area contributed by atoms with Crippen LogP contribution in [0.15, 0.2) is 48.7 Å². The summed E-state index contributed by atoms with van der Waals surface area (Å²) in [6, 6.07) is 13.4. The van der Waals surface area contributed by atoms with Gasteiger partial charge in [0.25, 0.3) is 0 Å². The molecule has 1 N–H and O–H groups in total. The second-order valence-corrected chi connectivity index (χ2v) is 7.63. The van der Waals surface area contributed by atoms with Crippen LogP contribution >= 0.6 is 34.8 Å². The lowest BCUT2D eigenvalue weighted by Crippen LogP contribution is -2.13. The van der Waals surface area contributed by atoms with Crippen LogP contribution < -0.4 is 5.32 Å². The number of alkyl halides is 3. The predicted molar refractivity (Wildman–Crippen MR) is 101 cm³/mol. The highest BCUT2D eigenvalue weighted by Crippen LogP contribution is 2.36. The molecule has 0 fully saturated rings. The summed E-state index contributed by atoms with van der Waals surface area (Å²) in [4.78, 5) is 17.2. The molecule has 0 aliphatic carbocycles. The fourth-order valence-electron chi connectivity index (χ4n) is 2.09. The van der Waals surface area contributed by atoms with Crippen LogP contribution in [0.5, 0.6) is 0 Å². The Hall–Kier alpha value is -1.95. The van der Waals surface area contributed by atoms with E-state index in [0.717, 1.165) is 16.8 Å². The summed E-state index contributed by atoms with van der Waals surface area (Å²) in [6.45, 7) is 2.45. The molecule has 3 rings (SSSR count). The van der Waals surface area contributed by atoms with Crippen molar-refractivity contribution in [3.8, 4) is 11.4 Å². The van der Waals surface area contributed by atoms with Gasteiger partial charge in [-0.25, -0.2) is 4.98 Å². The predicted octanol–water partition coefficient (Wildman–Crippen LogP) is 4.68. The smallest absolute Gasteiger partial charge is 0.250 e. The van der Waals surface area contributed by atoms with E-state index in [-0.39, 0.29) is 5.82 Å². The van der Waals surface area contributed by atoms with Crippen LogP contribution in [0, 0.1) is 6.92 Å². The van der Waals surface area contributed by atoms with Crippen molar-refractivity contribution in [2.45, 2.75) is 17.3 Å². The lowest BCUT2D eigenvalue weighted by molar-refractivity contribution is 0.906. The number of aromatic nitrogens is 4. The maximum absolute atomic E-state index is 5.97. The molecule has 0 atom stereocenters. The molecule has 3 aromatic rings. The van der Waals surface area contributed by atoms with Crippen molar-refractivity contribution in [2.75, 3.05) is 5.32 Å². The highest BCUT2D eigenvalue weighted by molar-refractivity contribution is 6.66. The van der Waals surface area contributed by atoms with Gasteiger partial charge in [0.2, 0.25) is 9.74 Å². The van der Waals surface area contributed by atoms with Crippen LogP contribution in [0.4, 0.5) is 5.95 Å². The topological polar surface area (TPSA) is 63.6 Å². The number of benzene rings is 1. The number of halogens is 3. The van der Waals surface area contributed by atoms with Gasteiger partial charge in [0.15, 0.2) is 11.6 Å². The average Bonchev–Trinajstić information content (AvgIpc) is 2.60. The van der Waals surface area contributed by atoms with Gasteiger partial charge in [-0.1, -0.05) is 70.7 Å². The fourth-order valence-corrected chi connectivity index (χ4v) is 2.34. The number of aryl methyl sites for hydroxylation is 1. The third-order valence-electron chi connectivity index (χ3n) is 3.35. The van der Waals surface area contributed by atoms with Gasteiger partial charge >= 0.3 is 0 Å². The second kappa shape index (κ2) is 7.52. The van der Waals surface area contributed by atoms with Gasteiger partial charge in [-0.3, -0.25) is 4.98 Å². The second-order valence-electron chi connectivity index (χ2n) is 5.34. The van der Waals surface area contributed by atoms with Gasteiger partial charge in [-0.2, -0.15) is 9.97 Å². The summed E-state index contributed by atoms with van der Waals surface area (Å²) in [7, 11) is 0.